The van der Waals surface area contributed by atoms with Crippen molar-refractivity contribution in [3.63, 3.8) is 0 Å². The minimum absolute atomic E-state index is 0.882. The highest BCUT2D eigenvalue weighted by Gasteiger charge is 1.97. The van der Waals surface area contributed by atoms with Crippen molar-refractivity contribution in [1.29, 1.82) is 0 Å². The Morgan fingerprint density at radius 2 is 2.14 bits per heavy atom. The molecule has 0 saturated carbocycles. The summed E-state index contributed by atoms with van der Waals surface area (Å²) >= 11 is 1.75. The van der Waals surface area contributed by atoms with Gasteiger partial charge in [-0.1, -0.05) is 13.8 Å². The molecule has 1 rings (SSSR count). The summed E-state index contributed by atoms with van der Waals surface area (Å²) < 4.78 is 0. The predicted octanol–water partition coefficient (Wildman–Crippen LogP) is 2.80. The average Bonchev–Trinajstić information content (AvgIpc) is 2.24. The number of hydrogen-bond acceptors (Lipinski definition) is 4. The molecule has 0 aliphatic carbocycles. The van der Waals surface area contributed by atoms with Crippen LogP contribution in [0, 0.1) is 0 Å². The normalized spacial score (nSPS) is 10.1. The molecule has 1 aromatic heterocycles. The second-order valence-electron chi connectivity index (χ2n) is 3.02. The van der Waals surface area contributed by atoms with Crippen LogP contribution in [0.3, 0.4) is 0 Å². The Balaban J connectivity index is 2.50. The first-order chi connectivity index (χ1) is 6.86. The lowest BCUT2D eigenvalue weighted by Crippen LogP contribution is -2.02. The molecule has 4 heteroatoms. The number of aromatic nitrogens is 2. The minimum Gasteiger partial charge on any atom is -0.369 e. The third kappa shape index (κ3) is 3.96. The van der Waals surface area contributed by atoms with E-state index in [-0.39, 0.29) is 0 Å². The maximum absolute atomic E-state index is 4.44. The van der Waals surface area contributed by atoms with Crippen molar-refractivity contribution >= 4 is 17.6 Å². The third-order valence-electron chi connectivity index (χ3n) is 1.62. The fraction of sp³-hybridized carbons (Fsp3) is 0.600. The number of rotatable bonds is 6. The number of nitrogens with zero attached hydrogens (tertiary/aromatic N) is 2. The van der Waals surface area contributed by atoms with Crippen molar-refractivity contribution in [2.45, 2.75) is 31.7 Å². The quantitative estimate of drug-likeness (QED) is 0.734. The molecule has 0 radical (unpaired) electrons. The van der Waals surface area contributed by atoms with Crippen molar-refractivity contribution in [3.8, 4) is 0 Å². The molecular formula is C10H17N3S. The van der Waals surface area contributed by atoms with Crippen LogP contribution in [0.25, 0.3) is 0 Å². The summed E-state index contributed by atoms with van der Waals surface area (Å²) in [4.78, 5) is 8.58. The summed E-state index contributed by atoms with van der Waals surface area (Å²) in [6, 6.07) is 0. The van der Waals surface area contributed by atoms with Gasteiger partial charge in [0.15, 0.2) is 0 Å². The van der Waals surface area contributed by atoms with E-state index in [0.29, 0.717) is 0 Å². The Labute approximate surface area is 89.7 Å². The van der Waals surface area contributed by atoms with E-state index in [4.69, 9.17) is 0 Å². The lowest BCUT2D eigenvalue weighted by molar-refractivity contribution is 0.947. The molecule has 3 nitrogen and oxygen atoms in total. The van der Waals surface area contributed by atoms with Crippen LogP contribution in [0.1, 0.15) is 26.7 Å². The van der Waals surface area contributed by atoms with Crippen LogP contribution in [0.4, 0.5) is 5.82 Å². The molecule has 14 heavy (non-hydrogen) atoms. The fourth-order valence-corrected chi connectivity index (χ4v) is 1.67. The topological polar surface area (TPSA) is 37.8 Å². The summed E-state index contributed by atoms with van der Waals surface area (Å²) in [6.07, 6.45) is 5.86. The lowest BCUT2D eigenvalue weighted by atomic mass is 10.5. The van der Waals surface area contributed by atoms with Gasteiger partial charge in [-0.15, -0.1) is 11.8 Å². The van der Waals surface area contributed by atoms with Crippen molar-refractivity contribution in [2.24, 2.45) is 0 Å². The zero-order valence-corrected chi connectivity index (χ0v) is 9.60. The van der Waals surface area contributed by atoms with Gasteiger partial charge in [-0.3, -0.25) is 4.98 Å². The first kappa shape index (κ1) is 11.3. The van der Waals surface area contributed by atoms with Crippen LogP contribution in [0.15, 0.2) is 17.4 Å². The molecule has 0 saturated heterocycles. The van der Waals surface area contributed by atoms with Gasteiger partial charge in [-0.25, -0.2) is 4.98 Å². The molecule has 1 heterocycles. The van der Waals surface area contributed by atoms with Gasteiger partial charge >= 0.3 is 0 Å². The highest BCUT2D eigenvalue weighted by atomic mass is 32.2. The van der Waals surface area contributed by atoms with Crippen LogP contribution < -0.4 is 5.32 Å². The summed E-state index contributed by atoms with van der Waals surface area (Å²) in [5, 5.41) is 4.23. The second kappa shape index (κ2) is 6.65. The van der Waals surface area contributed by atoms with E-state index in [1.807, 2.05) is 6.20 Å². The number of thioether (sulfide) groups is 1. The van der Waals surface area contributed by atoms with Gasteiger partial charge in [-0.2, -0.15) is 0 Å². The van der Waals surface area contributed by atoms with Gasteiger partial charge in [0.05, 0.1) is 12.4 Å². The SMILES string of the molecule is CCCNc1cncc(SCCC)n1. The molecule has 0 unspecified atom stereocenters. The van der Waals surface area contributed by atoms with Gasteiger partial charge < -0.3 is 5.32 Å². The molecule has 0 aromatic carbocycles. The molecule has 0 aliphatic rings. The van der Waals surface area contributed by atoms with Crippen molar-refractivity contribution in [1.82, 2.24) is 9.97 Å². The predicted molar refractivity (Wildman–Crippen MR) is 61.8 cm³/mol. The molecule has 0 atom stereocenters. The highest BCUT2D eigenvalue weighted by molar-refractivity contribution is 7.99. The molecule has 1 aromatic rings. The standard InChI is InChI=1S/C10H17N3S/c1-3-5-12-9-7-11-8-10(13-9)14-6-4-2/h7-8H,3-6H2,1-2H3,(H,12,13). The first-order valence-electron chi connectivity index (χ1n) is 5.05. The van der Waals surface area contributed by atoms with Gasteiger partial charge in [0.25, 0.3) is 0 Å². The van der Waals surface area contributed by atoms with Crippen molar-refractivity contribution in [2.75, 3.05) is 17.6 Å². The molecular weight excluding hydrogens is 194 g/mol. The van der Waals surface area contributed by atoms with Gasteiger partial charge in [0, 0.05) is 6.54 Å². The molecule has 0 fully saturated rings. The Morgan fingerprint density at radius 1 is 1.29 bits per heavy atom. The van der Waals surface area contributed by atoms with E-state index in [1.54, 1.807) is 18.0 Å². The number of hydrogen-bond donors (Lipinski definition) is 1. The van der Waals surface area contributed by atoms with Crippen LogP contribution in [0.5, 0.6) is 0 Å². The van der Waals surface area contributed by atoms with Crippen LogP contribution >= 0.6 is 11.8 Å². The van der Waals surface area contributed by atoms with E-state index < -0.39 is 0 Å². The number of anilines is 1. The largest absolute Gasteiger partial charge is 0.369 e. The third-order valence-corrected chi connectivity index (χ3v) is 2.73. The minimum atomic E-state index is 0.882. The Kier molecular flexibility index (Phi) is 5.37. The summed E-state index contributed by atoms with van der Waals surface area (Å²) in [7, 11) is 0. The molecule has 0 amide bonds. The van der Waals surface area contributed by atoms with E-state index in [2.05, 4.69) is 29.1 Å². The average molecular weight is 211 g/mol. The maximum Gasteiger partial charge on any atom is 0.145 e. The summed E-state index contributed by atoms with van der Waals surface area (Å²) in [5.74, 6) is 1.99. The molecule has 0 bridgehead atoms. The first-order valence-corrected chi connectivity index (χ1v) is 6.04. The Morgan fingerprint density at radius 3 is 2.86 bits per heavy atom. The molecule has 1 N–H and O–H groups in total. The van der Waals surface area contributed by atoms with E-state index in [1.165, 1.54) is 6.42 Å². The van der Waals surface area contributed by atoms with E-state index in [9.17, 15) is 0 Å². The number of nitrogens with one attached hydrogen (secondary N) is 1. The monoisotopic (exact) mass is 211 g/mol. The zero-order chi connectivity index (χ0) is 10.2. The van der Waals surface area contributed by atoms with Crippen LogP contribution in [-0.2, 0) is 0 Å². The van der Waals surface area contributed by atoms with Crippen molar-refractivity contribution < 1.29 is 0 Å². The smallest absolute Gasteiger partial charge is 0.145 e. The maximum atomic E-state index is 4.44. The van der Waals surface area contributed by atoms with E-state index >= 15 is 0 Å². The fourth-order valence-electron chi connectivity index (χ4n) is 0.962. The highest BCUT2D eigenvalue weighted by Crippen LogP contribution is 2.16. The van der Waals surface area contributed by atoms with Gasteiger partial charge in [0.2, 0.25) is 0 Å². The Hall–Kier alpha value is -0.770. The van der Waals surface area contributed by atoms with Crippen LogP contribution in [-0.4, -0.2) is 22.3 Å². The van der Waals surface area contributed by atoms with Gasteiger partial charge in [0.1, 0.15) is 10.8 Å². The summed E-state index contributed by atoms with van der Waals surface area (Å²) in [5.41, 5.74) is 0. The molecule has 0 spiro atoms. The van der Waals surface area contributed by atoms with Crippen LogP contribution in [0.2, 0.25) is 0 Å². The van der Waals surface area contributed by atoms with E-state index in [0.717, 1.165) is 29.6 Å². The molecule has 78 valence electrons. The van der Waals surface area contributed by atoms with Crippen molar-refractivity contribution in [3.05, 3.63) is 12.4 Å². The molecule has 0 aliphatic heterocycles. The summed E-state index contributed by atoms with van der Waals surface area (Å²) in [6.45, 7) is 5.26. The van der Waals surface area contributed by atoms with Gasteiger partial charge in [-0.05, 0) is 18.6 Å². The Bertz CT molecular complexity index is 242. The lowest BCUT2D eigenvalue weighted by Gasteiger charge is -2.04. The zero-order valence-electron chi connectivity index (χ0n) is 8.79. The second-order valence-corrected chi connectivity index (χ2v) is 4.13.